The zero-order chi connectivity index (χ0) is 12.3. The second-order valence-corrected chi connectivity index (χ2v) is 4.82. The van der Waals surface area contributed by atoms with Crippen molar-refractivity contribution >= 4 is 23.0 Å². The molecule has 17 heavy (non-hydrogen) atoms. The maximum Gasteiger partial charge on any atom is 0.337 e. The number of hydrogen-bond acceptors (Lipinski definition) is 3. The standard InChI is InChI=1S/C13H13NO2S/c1-9-4-5-11(13(15)16)12(7-9)14-8-10-3-2-6-17-10/h2-7,14H,8H2,1H3,(H,15,16). The van der Waals surface area contributed by atoms with Gasteiger partial charge < -0.3 is 10.4 Å². The average Bonchev–Trinajstić information content (AvgIpc) is 2.78. The Kier molecular flexibility index (Phi) is 3.44. The van der Waals surface area contributed by atoms with Crippen LogP contribution in [0.2, 0.25) is 0 Å². The normalized spacial score (nSPS) is 10.2. The Bertz CT molecular complexity index is 520. The first-order valence-corrected chi connectivity index (χ1v) is 6.15. The number of nitrogens with one attached hydrogen (secondary N) is 1. The Hall–Kier alpha value is -1.81. The van der Waals surface area contributed by atoms with E-state index in [-0.39, 0.29) is 0 Å². The fourth-order valence-corrected chi connectivity index (χ4v) is 2.23. The van der Waals surface area contributed by atoms with E-state index in [1.165, 1.54) is 4.88 Å². The molecule has 1 aromatic heterocycles. The summed E-state index contributed by atoms with van der Waals surface area (Å²) in [4.78, 5) is 12.2. The quantitative estimate of drug-likeness (QED) is 0.871. The molecule has 0 saturated carbocycles. The number of aromatic carboxylic acids is 1. The van der Waals surface area contributed by atoms with Gasteiger partial charge >= 0.3 is 5.97 Å². The van der Waals surface area contributed by atoms with E-state index < -0.39 is 5.97 Å². The first kappa shape index (κ1) is 11.7. The highest BCUT2D eigenvalue weighted by molar-refractivity contribution is 7.09. The third-order valence-electron chi connectivity index (χ3n) is 2.44. The number of thiophene rings is 1. The minimum absolute atomic E-state index is 0.312. The molecule has 0 spiro atoms. The molecule has 1 aromatic carbocycles. The van der Waals surface area contributed by atoms with Crippen LogP contribution < -0.4 is 5.32 Å². The predicted octanol–water partition coefficient (Wildman–Crippen LogP) is 3.37. The van der Waals surface area contributed by atoms with Gasteiger partial charge in [-0.05, 0) is 36.1 Å². The lowest BCUT2D eigenvalue weighted by atomic mass is 10.1. The number of carboxylic acids is 1. The van der Waals surface area contributed by atoms with Gasteiger partial charge in [0.1, 0.15) is 0 Å². The Balaban J connectivity index is 2.19. The van der Waals surface area contributed by atoms with Crippen molar-refractivity contribution in [3.8, 4) is 0 Å². The van der Waals surface area contributed by atoms with Gasteiger partial charge in [0.15, 0.2) is 0 Å². The van der Waals surface area contributed by atoms with Crippen LogP contribution in [0.4, 0.5) is 5.69 Å². The van der Waals surface area contributed by atoms with Crippen molar-refractivity contribution in [2.75, 3.05) is 5.32 Å². The number of rotatable bonds is 4. The fourth-order valence-electron chi connectivity index (χ4n) is 1.59. The maximum atomic E-state index is 11.1. The third-order valence-corrected chi connectivity index (χ3v) is 3.32. The number of hydrogen-bond donors (Lipinski definition) is 2. The van der Waals surface area contributed by atoms with Gasteiger partial charge in [-0.3, -0.25) is 0 Å². The lowest BCUT2D eigenvalue weighted by Crippen LogP contribution is -2.05. The second kappa shape index (κ2) is 5.01. The van der Waals surface area contributed by atoms with Crippen molar-refractivity contribution in [3.05, 3.63) is 51.7 Å². The van der Waals surface area contributed by atoms with Gasteiger partial charge in [0.25, 0.3) is 0 Å². The van der Waals surface area contributed by atoms with Crippen LogP contribution in [-0.4, -0.2) is 11.1 Å². The summed E-state index contributed by atoms with van der Waals surface area (Å²) >= 11 is 1.65. The van der Waals surface area contributed by atoms with Crippen LogP contribution in [0.1, 0.15) is 20.8 Å². The first-order valence-electron chi connectivity index (χ1n) is 5.27. The highest BCUT2D eigenvalue weighted by Gasteiger charge is 2.09. The zero-order valence-corrected chi connectivity index (χ0v) is 10.3. The van der Waals surface area contributed by atoms with Crippen molar-refractivity contribution in [3.63, 3.8) is 0 Å². The van der Waals surface area contributed by atoms with Crippen LogP contribution in [0.25, 0.3) is 0 Å². The van der Waals surface area contributed by atoms with Crippen molar-refractivity contribution < 1.29 is 9.90 Å². The fraction of sp³-hybridized carbons (Fsp3) is 0.154. The molecule has 2 rings (SSSR count). The lowest BCUT2D eigenvalue weighted by molar-refractivity contribution is 0.0698. The van der Waals surface area contributed by atoms with Crippen LogP contribution in [-0.2, 0) is 6.54 Å². The van der Waals surface area contributed by atoms with Gasteiger partial charge in [-0.15, -0.1) is 11.3 Å². The molecule has 1 heterocycles. The number of carbonyl (C=O) groups is 1. The number of anilines is 1. The minimum atomic E-state index is -0.904. The largest absolute Gasteiger partial charge is 0.478 e. The summed E-state index contributed by atoms with van der Waals surface area (Å²) in [5, 5.41) is 14.2. The minimum Gasteiger partial charge on any atom is -0.478 e. The Labute approximate surface area is 104 Å². The van der Waals surface area contributed by atoms with Crippen molar-refractivity contribution in [2.24, 2.45) is 0 Å². The van der Waals surface area contributed by atoms with E-state index in [4.69, 9.17) is 5.11 Å². The highest BCUT2D eigenvalue weighted by atomic mass is 32.1. The molecule has 2 aromatic rings. The Morgan fingerprint density at radius 1 is 1.41 bits per heavy atom. The Morgan fingerprint density at radius 2 is 2.24 bits per heavy atom. The maximum absolute atomic E-state index is 11.1. The first-order chi connectivity index (χ1) is 8.16. The smallest absolute Gasteiger partial charge is 0.337 e. The highest BCUT2D eigenvalue weighted by Crippen LogP contribution is 2.19. The molecule has 0 radical (unpaired) electrons. The molecule has 0 aliphatic heterocycles. The van der Waals surface area contributed by atoms with Gasteiger partial charge in [0.05, 0.1) is 5.56 Å². The molecule has 0 unspecified atom stereocenters. The molecule has 0 amide bonds. The molecule has 0 atom stereocenters. The SMILES string of the molecule is Cc1ccc(C(=O)O)c(NCc2cccs2)c1. The van der Waals surface area contributed by atoms with Gasteiger partial charge in [-0.1, -0.05) is 12.1 Å². The molecule has 0 fully saturated rings. The predicted molar refractivity (Wildman–Crippen MR) is 69.8 cm³/mol. The molecule has 0 aliphatic carbocycles. The summed E-state index contributed by atoms with van der Waals surface area (Å²) < 4.78 is 0. The molecular formula is C13H13NO2S. The molecular weight excluding hydrogens is 234 g/mol. The van der Waals surface area contributed by atoms with Crippen molar-refractivity contribution in [2.45, 2.75) is 13.5 Å². The van der Waals surface area contributed by atoms with Crippen molar-refractivity contribution in [1.82, 2.24) is 0 Å². The van der Waals surface area contributed by atoms with Gasteiger partial charge in [-0.25, -0.2) is 4.79 Å². The molecule has 2 N–H and O–H groups in total. The average molecular weight is 247 g/mol. The van der Waals surface area contributed by atoms with E-state index >= 15 is 0 Å². The van der Waals surface area contributed by atoms with E-state index in [0.717, 1.165) is 5.56 Å². The van der Waals surface area contributed by atoms with Crippen LogP contribution >= 0.6 is 11.3 Å². The summed E-state index contributed by atoms with van der Waals surface area (Å²) in [6.45, 7) is 2.60. The van der Waals surface area contributed by atoms with E-state index in [2.05, 4.69) is 5.32 Å². The van der Waals surface area contributed by atoms with E-state index in [0.29, 0.717) is 17.8 Å². The number of carboxylic acid groups (broad SMARTS) is 1. The summed E-state index contributed by atoms with van der Waals surface area (Å²) in [6, 6.07) is 9.30. The van der Waals surface area contributed by atoms with Crippen LogP contribution in [0.5, 0.6) is 0 Å². The van der Waals surface area contributed by atoms with E-state index in [1.807, 2.05) is 30.5 Å². The molecule has 4 heteroatoms. The summed E-state index contributed by atoms with van der Waals surface area (Å²) in [5.74, 6) is -0.904. The summed E-state index contributed by atoms with van der Waals surface area (Å²) in [6.07, 6.45) is 0. The third kappa shape index (κ3) is 2.85. The van der Waals surface area contributed by atoms with Gasteiger partial charge in [0.2, 0.25) is 0 Å². The summed E-state index contributed by atoms with van der Waals surface area (Å²) in [5.41, 5.74) is 2.03. The monoisotopic (exact) mass is 247 g/mol. The van der Waals surface area contributed by atoms with Crippen molar-refractivity contribution in [1.29, 1.82) is 0 Å². The second-order valence-electron chi connectivity index (χ2n) is 3.79. The Morgan fingerprint density at radius 3 is 2.88 bits per heavy atom. The van der Waals surface area contributed by atoms with E-state index in [1.54, 1.807) is 23.5 Å². The topological polar surface area (TPSA) is 49.3 Å². The molecule has 0 saturated heterocycles. The molecule has 0 bridgehead atoms. The lowest BCUT2D eigenvalue weighted by Gasteiger charge is -2.09. The molecule has 0 aliphatic rings. The number of aryl methyl sites for hydroxylation is 1. The van der Waals surface area contributed by atoms with Gasteiger partial charge in [0, 0.05) is 17.1 Å². The molecule has 3 nitrogen and oxygen atoms in total. The van der Waals surface area contributed by atoms with Crippen LogP contribution in [0.3, 0.4) is 0 Å². The zero-order valence-electron chi connectivity index (χ0n) is 9.43. The van der Waals surface area contributed by atoms with Gasteiger partial charge in [-0.2, -0.15) is 0 Å². The summed E-state index contributed by atoms with van der Waals surface area (Å²) in [7, 11) is 0. The van der Waals surface area contributed by atoms with Crippen LogP contribution in [0, 0.1) is 6.92 Å². The van der Waals surface area contributed by atoms with E-state index in [9.17, 15) is 4.79 Å². The number of benzene rings is 1. The molecule has 88 valence electrons. The van der Waals surface area contributed by atoms with Crippen LogP contribution in [0.15, 0.2) is 35.7 Å².